The molecule has 1 fully saturated rings. The molecule has 0 unspecified atom stereocenters. The predicted molar refractivity (Wildman–Crippen MR) is 98.1 cm³/mol. The van der Waals surface area contributed by atoms with E-state index in [0.717, 1.165) is 30.0 Å². The van der Waals surface area contributed by atoms with Crippen molar-refractivity contribution in [2.24, 2.45) is 0 Å². The quantitative estimate of drug-likeness (QED) is 0.566. The van der Waals surface area contributed by atoms with Gasteiger partial charge in [-0.3, -0.25) is 4.57 Å². The highest BCUT2D eigenvalue weighted by molar-refractivity contribution is 7.70. The molecule has 0 bridgehead atoms. The number of para-hydroxylation sites is 2. The van der Waals surface area contributed by atoms with Crippen LogP contribution in [0.2, 0.25) is 0 Å². The fraction of sp³-hybridized carbons (Fsp3) is 0.211. The maximum absolute atomic E-state index is 13.9. The average molecular weight is 324 g/mol. The molecule has 0 amide bonds. The second kappa shape index (κ2) is 6.50. The van der Waals surface area contributed by atoms with E-state index < -0.39 is 7.44 Å². The molecule has 3 rings (SSSR count). The summed E-state index contributed by atoms with van der Waals surface area (Å²) in [4.78, 5) is 0. The van der Waals surface area contributed by atoms with E-state index in [4.69, 9.17) is 0 Å². The summed E-state index contributed by atoms with van der Waals surface area (Å²) in [6.07, 6.45) is 0. The zero-order valence-electron chi connectivity index (χ0n) is 13.5. The standard InChI is InChI=1S/C19H21N2OP/c1-17(2)13-16-23(22)20(18-9-5-3-6-10-18)14-15-21(23)19-11-7-4-8-12-19/h3-12,16H,14-15H2,1-2H3. The highest BCUT2D eigenvalue weighted by atomic mass is 31.2. The number of nitrogens with zero attached hydrogens (tertiary/aromatic N) is 2. The first-order chi connectivity index (χ1) is 11.1. The summed E-state index contributed by atoms with van der Waals surface area (Å²) < 4.78 is 17.9. The molecule has 0 aromatic heterocycles. The number of anilines is 2. The van der Waals surface area contributed by atoms with Crippen LogP contribution in [0.15, 0.2) is 77.8 Å². The molecule has 0 spiro atoms. The monoisotopic (exact) mass is 324 g/mol. The molecule has 118 valence electrons. The molecule has 0 N–H and O–H groups in total. The number of allylic oxidation sites excluding steroid dienone is 1. The summed E-state index contributed by atoms with van der Waals surface area (Å²) in [5, 5.41) is 0. The minimum absolute atomic E-state index is 0.733. The molecule has 0 radical (unpaired) electrons. The van der Waals surface area contributed by atoms with E-state index in [2.05, 4.69) is 5.73 Å². The van der Waals surface area contributed by atoms with Crippen LogP contribution in [0.1, 0.15) is 13.8 Å². The molecule has 1 aliphatic rings. The number of rotatable bonds is 3. The second-order valence-electron chi connectivity index (χ2n) is 5.78. The number of hydrogen-bond acceptors (Lipinski definition) is 1. The van der Waals surface area contributed by atoms with E-state index >= 15 is 0 Å². The molecule has 1 saturated heterocycles. The van der Waals surface area contributed by atoms with Crippen molar-refractivity contribution in [3.63, 3.8) is 0 Å². The van der Waals surface area contributed by atoms with E-state index in [-0.39, 0.29) is 0 Å². The van der Waals surface area contributed by atoms with E-state index in [1.165, 1.54) is 0 Å². The van der Waals surface area contributed by atoms with Gasteiger partial charge in [0, 0.05) is 24.5 Å². The highest BCUT2D eigenvalue weighted by Crippen LogP contribution is 2.61. The molecular weight excluding hydrogens is 303 g/mol. The van der Waals surface area contributed by atoms with Crippen LogP contribution in [0.5, 0.6) is 0 Å². The van der Waals surface area contributed by atoms with Gasteiger partial charge in [0.15, 0.2) is 0 Å². The molecule has 1 aliphatic heterocycles. The van der Waals surface area contributed by atoms with Crippen LogP contribution < -0.4 is 9.34 Å². The Balaban J connectivity index is 2.09. The summed E-state index contributed by atoms with van der Waals surface area (Å²) in [6, 6.07) is 19.9. The van der Waals surface area contributed by atoms with Crippen molar-refractivity contribution in [2.45, 2.75) is 13.8 Å². The molecule has 23 heavy (non-hydrogen) atoms. The summed E-state index contributed by atoms with van der Waals surface area (Å²) in [7, 11) is -2.88. The van der Waals surface area contributed by atoms with Crippen molar-refractivity contribution in [1.82, 2.24) is 0 Å². The van der Waals surface area contributed by atoms with Crippen LogP contribution in [0.25, 0.3) is 0 Å². The third-order valence-electron chi connectivity index (χ3n) is 3.85. The predicted octanol–water partition coefficient (Wildman–Crippen LogP) is 5.29. The molecule has 0 saturated carbocycles. The van der Waals surface area contributed by atoms with Gasteiger partial charge in [-0.2, -0.15) is 0 Å². The van der Waals surface area contributed by atoms with Crippen molar-refractivity contribution in [3.8, 4) is 0 Å². The van der Waals surface area contributed by atoms with Crippen LogP contribution in [0.3, 0.4) is 0 Å². The Morgan fingerprint density at radius 2 is 1.35 bits per heavy atom. The van der Waals surface area contributed by atoms with Crippen molar-refractivity contribution < 1.29 is 4.57 Å². The first-order valence-electron chi connectivity index (χ1n) is 7.78. The van der Waals surface area contributed by atoms with Crippen LogP contribution in [0.4, 0.5) is 11.4 Å². The Morgan fingerprint density at radius 3 is 1.74 bits per heavy atom. The fourth-order valence-corrected chi connectivity index (χ4v) is 5.39. The van der Waals surface area contributed by atoms with Gasteiger partial charge in [-0.25, -0.2) is 0 Å². The first-order valence-corrected chi connectivity index (χ1v) is 9.46. The largest absolute Gasteiger partial charge is 0.301 e. The van der Waals surface area contributed by atoms with Crippen LogP contribution >= 0.6 is 7.44 Å². The molecule has 1 heterocycles. The molecule has 0 aliphatic carbocycles. The van der Waals surface area contributed by atoms with E-state index in [1.807, 2.05) is 83.9 Å². The average Bonchev–Trinajstić information content (AvgIpc) is 2.92. The summed E-state index contributed by atoms with van der Waals surface area (Å²) in [6.45, 7) is 5.41. The lowest BCUT2D eigenvalue weighted by Crippen LogP contribution is -2.17. The van der Waals surface area contributed by atoms with Gasteiger partial charge < -0.3 is 9.34 Å². The smallest absolute Gasteiger partial charge is 0.293 e. The summed E-state index contributed by atoms with van der Waals surface area (Å²) in [5.74, 6) is 1.76. The lowest BCUT2D eigenvalue weighted by molar-refractivity contribution is 0.581. The van der Waals surface area contributed by atoms with Crippen molar-refractivity contribution in [1.29, 1.82) is 0 Å². The zero-order valence-corrected chi connectivity index (χ0v) is 14.4. The maximum atomic E-state index is 13.9. The Hall–Kier alpha value is -2.21. The molecule has 0 atom stereocenters. The van der Waals surface area contributed by atoms with Crippen molar-refractivity contribution in [3.05, 3.63) is 77.8 Å². The van der Waals surface area contributed by atoms with Gasteiger partial charge in [0.05, 0.1) is 5.82 Å². The van der Waals surface area contributed by atoms with Gasteiger partial charge in [0.25, 0.3) is 7.44 Å². The minimum atomic E-state index is -2.88. The third-order valence-corrected chi connectivity index (χ3v) is 6.56. The molecule has 2 aromatic carbocycles. The van der Waals surface area contributed by atoms with Crippen LogP contribution in [0, 0.1) is 0 Å². The normalized spacial score (nSPS) is 16.1. The van der Waals surface area contributed by atoms with Gasteiger partial charge in [0.1, 0.15) is 0 Å². The van der Waals surface area contributed by atoms with Crippen LogP contribution in [-0.2, 0) is 4.57 Å². The SMILES string of the molecule is CC(C)=C=CP1(=O)N(c2ccccc2)CCN1c1ccccc1. The van der Waals surface area contributed by atoms with Gasteiger partial charge in [-0.1, -0.05) is 36.4 Å². The van der Waals surface area contributed by atoms with E-state index in [1.54, 1.807) is 5.82 Å². The summed E-state index contributed by atoms with van der Waals surface area (Å²) in [5.41, 5.74) is 6.17. The fourth-order valence-electron chi connectivity index (χ4n) is 2.75. The number of benzene rings is 2. The Morgan fingerprint density at radius 1 is 0.913 bits per heavy atom. The first kappa shape index (κ1) is 15.7. The topological polar surface area (TPSA) is 23.6 Å². The lowest BCUT2D eigenvalue weighted by atomic mass is 10.3. The molecule has 2 aromatic rings. The Labute approximate surface area is 138 Å². The van der Waals surface area contributed by atoms with E-state index in [9.17, 15) is 4.57 Å². The van der Waals surface area contributed by atoms with Gasteiger partial charge in [-0.05, 0) is 43.7 Å². The highest BCUT2D eigenvalue weighted by Gasteiger charge is 2.41. The third kappa shape index (κ3) is 3.12. The maximum Gasteiger partial charge on any atom is 0.293 e. The molecule has 3 nitrogen and oxygen atoms in total. The van der Waals surface area contributed by atoms with Crippen molar-refractivity contribution in [2.75, 3.05) is 22.4 Å². The number of hydrogen-bond donors (Lipinski definition) is 0. The summed E-state index contributed by atoms with van der Waals surface area (Å²) >= 11 is 0. The Bertz CT molecular complexity index is 724. The Kier molecular flexibility index (Phi) is 4.43. The van der Waals surface area contributed by atoms with Crippen molar-refractivity contribution >= 4 is 18.8 Å². The van der Waals surface area contributed by atoms with E-state index in [0.29, 0.717) is 0 Å². The second-order valence-corrected chi connectivity index (χ2v) is 8.18. The minimum Gasteiger partial charge on any atom is -0.301 e. The van der Waals surface area contributed by atoms with Crippen LogP contribution in [-0.4, -0.2) is 13.1 Å². The zero-order chi connectivity index (χ0) is 16.3. The molecular formula is C19H21N2OP. The van der Waals surface area contributed by atoms with Gasteiger partial charge in [-0.15, -0.1) is 5.73 Å². The lowest BCUT2D eigenvalue weighted by Gasteiger charge is -2.29. The van der Waals surface area contributed by atoms with Gasteiger partial charge >= 0.3 is 0 Å². The molecule has 4 heteroatoms. The van der Waals surface area contributed by atoms with Gasteiger partial charge in [0.2, 0.25) is 0 Å².